The van der Waals surface area contributed by atoms with Gasteiger partial charge in [0.2, 0.25) is 0 Å². The number of amides is 1. The Bertz CT molecular complexity index is 1110. The predicted molar refractivity (Wildman–Crippen MR) is 116 cm³/mol. The summed E-state index contributed by atoms with van der Waals surface area (Å²) < 4.78 is 0. The van der Waals surface area contributed by atoms with E-state index in [1.807, 2.05) is 49.3 Å². The fraction of sp³-hybridized carbons (Fsp3) is 0.125. The third-order valence-electron chi connectivity index (χ3n) is 5.14. The zero-order valence-corrected chi connectivity index (χ0v) is 16.7. The molecule has 6 heteroatoms. The number of Topliss-reactive ketones (excluding diaryl/α,β-unsaturated/α-hetero) is 1. The number of carbonyl (C=O) groups is 2. The normalized spacial score (nSPS) is 17.9. The molecular formula is C24H21N3O3. The number of rotatable bonds is 4. The second-order valence-corrected chi connectivity index (χ2v) is 7.23. The van der Waals surface area contributed by atoms with E-state index in [0.717, 1.165) is 11.3 Å². The molecule has 1 saturated heterocycles. The number of anilines is 2. The molecule has 30 heavy (non-hydrogen) atoms. The number of benzene rings is 2. The summed E-state index contributed by atoms with van der Waals surface area (Å²) in [4.78, 5) is 33.5. The number of ketones is 1. The van der Waals surface area contributed by atoms with E-state index in [-0.39, 0.29) is 11.3 Å². The molecule has 3 aromatic rings. The highest BCUT2D eigenvalue weighted by Crippen LogP contribution is 2.42. The summed E-state index contributed by atoms with van der Waals surface area (Å²) >= 11 is 0. The molecule has 2 heterocycles. The highest BCUT2D eigenvalue weighted by Gasteiger charge is 2.47. The lowest BCUT2D eigenvalue weighted by molar-refractivity contribution is -0.132. The van der Waals surface area contributed by atoms with Crippen LogP contribution in [0.15, 0.2) is 84.7 Å². The van der Waals surface area contributed by atoms with Crippen molar-refractivity contribution in [2.75, 3.05) is 23.9 Å². The first-order valence-electron chi connectivity index (χ1n) is 9.53. The van der Waals surface area contributed by atoms with Crippen LogP contribution in [-0.2, 0) is 9.59 Å². The summed E-state index contributed by atoms with van der Waals surface area (Å²) in [5.41, 5.74) is 2.75. The Hall–Kier alpha value is -3.93. The second-order valence-electron chi connectivity index (χ2n) is 7.23. The summed E-state index contributed by atoms with van der Waals surface area (Å²) in [5.74, 6) is -1.61. The van der Waals surface area contributed by atoms with Crippen molar-refractivity contribution in [1.82, 2.24) is 4.98 Å². The average Bonchev–Trinajstić information content (AvgIpc) is 3.05. The van der Waals surface area contributed by atoms with Crippen LogP contribution in [0.1, 0.15) is 17.2 Å². The lowest BCUT2D eigenvalue weighted by atomic mass is 9.95. The van der Waals surface area contributed by atoms with Crippen LogP contribution >= 0.6 is 0 Å². The first-order valence-corrected chi connectivity index (χ1v) is 9.53. The fourth-order valence-electron chi connectivity index (χ4n) is 3.62. The smallest absolute Gasteiger partial charge is 0.300 e. The summed E-state index contributed by atoms with van der Waals surface area (Å²) in [5, 5.41) is 11.0. The molecule has 6 nitrogen and oxygen atoms in total. The second kappa shape index (κ2) is 7.83. The molecule has 0 bridgehead atoms. The van der Waals surface area contributed by atoms with Gasteiger partial charge in [-0.3, -0.25) is 19.5 Å². The molecule has 0 spiro atoms. The van der Waals surface area contributed by atoms with Gasteiger partial charge in [0.15, 0.2) is 0 Å². The Morgan fingerprint density at radius 2 is 1.67 bits per heavy atom. The van der Waals surface area contributed by atoms with E-state index in [4.69, 9.17) is 0 Å². The highest BCUT2D eigenvalue weighted by molar-refractivity contribution is 6.51. The van der Waals surface area contributed by atoms with E-state index in [9.17, 15) is 14.7 Å². The number of hydrogen-bond acceptors (Lipinski definition) is 5. The summed E-state index contributed by atoms with van der Waals surface area (Å²) in [6.07, 6.45) is 3.14. The molecule has 0 radical (unpaired) electrons. The van der Waals surface area contributed by atoms with Crippen molar-refractivity contribution >= 4 is 28.8 Å². The lowest BCUT2D eigenvalue weighted by Crippen LogP contribution is -2.29. The van der Waals surface area contributed by atoms with E-state index < -0.39 is 17.7 Å². The van der Waals surface area contributed by atoms with E-state index in [0.29, 0.717) is 11.3 Å². The minimum atomic E-state index is -0.759. The average molecular weight is 399 g/mol. The minimum Gasteiger partial charge on any atom is -0.507 e. The van der Waals surface area contributed by atoms with Crippen LogP contribution < -0.4 is 9.80 Å². The molecular weight excluding hydrogens is 378 g/mol. The summed E-state index contributed by atoms with van der Waals surface area (Å²) in [6.45, 7) is 0. The fourth-order valence-corrected chi connectivity index (χ4v) is 3.62. The van der Waals surface area contributed by atoms with Gasteiger partial charge in [-0.25, -0.2) is 0 Å². The van der Waals surface area contributed by atoms with Crippen molar-refractivity contribution in [3.63, 3.8) is 0 Å². The first-order chi connectivity index (χ1) is 14.5. The molecule has 1 aliphatic heterocycles. The van der Waals surface area contributed by atoms with E-state index in [2.05, 4.69) is 4.98 Å². The van der Waals surface area contributed by atoms with Crippen LogP contribution in [0.3, 0.4) is 0 Å². The van der Waals surface area contributed by atoms with Crippen LogP contribution in [0.2, 0.25) is 0 Å². The number of nitrogens with zero attached hydrogens (tertiary/aromatic N) is 3. The Morgan fingerprint density at radius 3 is 2.27 bits per heavy atom. The minimum absolute atomic E-state index is 0.0626. The predicted octanol–water partition coefficient (Wildman–Crippen LogP) is 3.77. The highest BCUT2D eigenvalue weighted by atomic mass is 16.3. The quantitative estimate of drug-likeness (QED) is 0.411. The van der Waals surface area contributed by atoms with Crippen molar-refractivity contribution in [1.29, 1.82) is 0 Å². The zero-order valence-electron chi connectivity index (χ0n) is 16.7. The van der Waals surface area contributed by atoms with Crippen LogP contribution in [0.4, 0.5) is 11.4 Å². The van der Waals surface area contributed by atoms with Gasteiger partial charge in [-0.05, 0) is 29.8 Å². The van der Waals surface area contributed by atoms with Crippen molar-refractivity contribution in [2.45, 2.75) is 6.04 Å². The van der Waals surface area contributed by atoms with E-state index >= 15 is 0 Å². The van der Waals surface area contributed by atoms with Gasteiger partial charge in [0.25, 0.3) is 11.7 Å². The SMILES string of the molecule is CN(C)c1ccc([C@H]2C(=C(O)c3ccccc3)C(=O)C(=O)N2c2cccnc2)cc1. The van der Waals surface area contributed by atoms with Crippen molar-refractivity contribution in [3.8, 4) is 0 Å². The largest absolute Gasteiger partial charge is 0.507 e. The molecule has 1 amide bonds. The molecule has 1 fully saturated rings. The Kier molecular flexibility index (Phi) is 5.06. The molecule has 0 saturated carbocycles. The number of hydrogen-bond donors (Lipinski definition) is 1. The first kappa shape index (κ1) is 19.4. The number of aromatic nitrogens is 1. The molecule has 150 valence electrons. The van der Waals surface area contributed by atoms with Crippen LogP contribution in [0, 0.1) is 0 Å². The van der Waals surface area contributed by atoms with Gasteiger partial charge in [-0.1, -0.05) is 42.5 Å². The summed E-state index contributed by atoms with van der Waals surface area (Å²) in [6, 6.07) is 19.0. The molecule has 1 aliphatic rings. The molecule has 1 N–H and O–H groups in total. The summed E-state index contributed by atoms with van der Waals surface area (Å²) in [7, 11) is 3.87. The van der Waals surface area contributed by atoms with Gasteiger partial charge in [0.05, 0.1) is 23.5 Å². The maximum atomic E-state index is 13.0. The zero-order chi connectivity index (χ0) is 21.3. The maximum Gasteiger partial charge on any atom is 0.300 e. The number of aliphatic hydroxyl groups excluding tert-OH is 1. The van der Waals surface area contributed by atoms with Crippen molar-refractivity contribution in [3.05, 3.63) is 95.8 Å². The number of carbonyl (C=O) groups excluding carboxylic acids is 2. The monoisotopic (exact) mass is 399 g/mol. The Labute approximate surface area is 174 Å². The van der Waals surface area contributed by atoms with Gasteiger partial charge in [-0.15, -0.1) is 0 Å². The van der Waals surface area contributed by atoms with Gasteiger partial charge in [-0.2, -0.15) is 0 Å². The molecule has 0 unspecified atom stereocenters. The van der Waals surface area contributed by atoms with Crippen LogP contribution in [0.5, 0.6) is 0 Å². The Morgan fingerprint density at radius 1 is 0.967 bits per heavy atom. The third kappa shape index (κ3) is 3.33. The van der Waals surface area contributed by atoms with Gasteiger partial charge >= 0.3 is 0 Å². The molecule has 1 aromatic heterocycles. The van der Waals surface area contributed by atoms with Crippen LogP contribution in [0.25, 0.3) is 5.76 Å². The molecule has 4 rings (SSSR count). The van der Waals surface area contributed by atoms with E-state index in [1.165, 1.54) is 11.1 Å². The topological polar surface area (TPSA) is 73.7 Å². The Balaban J connectivity index is 1.92. The maximum absolute atomic E-state index is 13.0. The molecule has 0 aliphatic carbocycles. The van der Waals surface area contributed by atoms with Crippen molar-refractivity contribution in [2.24, 2.45) is 0 Å². The van der Waals surface area contributed by atoms with Gasteiger partial charge in [0.1, 0.15) is 5.76 Å². The molecule has 1 atom stereocenters. The number of aliphatic hydroxyl groups is 1. The standard InChI is InChI=1S/C24H21N3O3/c1-26(2)18-12-10-16(11-13-18)21-20(22(28)17-7-4-3-5-8-17)23(29)24(30)27(21)19-9-6-14-25-15-19/h3-15,21,28H,1-2H3/t21-/m0/s1. The third-order valence-corrected chi connectivity index (χ3v) is 5.14. The van der Waals surface area contributed by atoms with E-state index in [1.54, 1.807) is 42.6 Å². The lowest BCUT2D eigenvalue weighted by Gasteiger charge is -2.25. The van der Waals surface area contributed by atoms with Gasteiger partial charge in [0, 0.05) is 31.5 Å². The number of pyridine rings is 1. The molecule has 2 aromatic carbocycles. The van der Waals surface area contributed by atoms with Gasteiger partial charge < -0.3 is 10.0 Å². The van der Waals surface area contributed by atoms with Crippen LogP contribution in [-0.4, -0.2) is 35.9 Å². The van der Waals surface area contributed by atoms with Crippen molar-refractivity contribution < 1.29 is 14.7 Å².